The number of nitrogens with zero attached hydrogens (tertiary/aromatic N) is 5. The van der Waals surface area contributed by atoms with Crippen LogP contribution in [-0.2, 0) is 17.9 Å². The minimum atomic E-state index is -0.947. The Balaban J connectivity index is 1.43. The molecule has 1 amide bonds. The van der Waals surface area contributed by atoms with Crippen LogP contribution in [0.15, 0.2) is 67.1 Å². The first-order chi connectivity index (χ1) is 18.5. The van der Waals surface area contributed by atoms with E-state index in [-0.39, 0.29) is 11.9 Å². The Hall–Kier alpha value is -3.61. The van der Waals surface area contributed by atoms with Gasteiger partial charge < -0.3 is 14.6 Å². The molecule has 0 bridgehead atoms. The van der Waals surface area contributed by atoms with Crippen LogP contribution >= 0.6 is 11.8 Å². The van der Waals surface area contributed by atoms with Gasteiger partial charge in [-0.1, -0.05) is 30.3 Å². The van der Waals surface area contributed by atoms with E-state index in [4.69, 9.17) is 5.26 Å². The average Bonchev–Trinajstić information content (AvgIpc) is 3.38. The molecule has 2 aromatic carbocycles. The Bertz CT molecular complexity index is 1250. The van der Waals surface area contributed by atoms with Gasteiger partial charge in [-0.25, -0.2) is 9.78 Å². The van der Waals surface area contributed by atoms with Gasteiger partial charge in [0.2, 0.25) is 0 Å². The van der Waals surface area contributed by atoms with E-state index in [9.17, 15) is 14.7 Å². The minimum absolute atomic E-state index is 0.134. The van der Waals surface area contributed by atoms with Gasteiger partial charge in [0, 0.05) is 44.0 Å². The van der Waals surface area contributed by atoms with Crippen LogP contribution in [-0.4, -0.2) is 73.5 Å². The smallest absolute Gasteiger partial charge is 0.326 e. The highest BCUT2D eigenvalue weighted by atomic mass is 32.2. The summed E-state index contributed by atoms with van der Waals surface area (Å²) in [6.07, 6.45) is 7.50. The molecule has 0 aliphatic carbocycles. The number of likely N-dealkylation sites (tertiary alicyclic amines) is 1. The molecule has 3 aromatic rings. The van der Waals surface area contributed by atoms with Crippen LogP contribution in [0.4, 0.5) is 0 Å². The van der Waals surface area contributed by atoms with Crippen LogP contribution < -0.4 is 0 Å². The molecule has 9 heteroatoms. The van der Waals surface area contributed by atoms with Gasteiger partial charge in [-0.05, 0) is 61.1 Å². The maximum atomic E-state index is 13.6. The van der Waals surface area contributed by atoms with Crippen LogP contribution in [0.25, 0.3) is 0 Å². The zero-order chi connectivity index (χ0) is 26.9. The molecule has 8 nitrogen and oxygen atoms in total. The van der Waals surface area contributed by atoms with Crippen molar-refractivity contribution in [1.82, 2.24) is 19.4 Å². The van der Waals surface area contributed by atoms with Crippen molar-refractivity contribution in [2.24, 2.45) is 0 Å². The third kappa shape index (κ3) is 6.82. The summed E-state index contributed by atoms with van der Waals surface area (Å²) in [6.45, 7) is 2.93. The third-order valence-electron chi connectivity index (χ3n) is 7.04. The summed E-state index contributed by atoms with van der Waals surface area (Å²) >= 11 is 1.59. The molecule has 0 radical (unpaired) electrons. The summed E-state index contributed by atoms with van der Waals surface area (Å²) in [7, 11) is 0. The normalized spacial score (nSPS) is 15.1. The fraction of sp³-hybridized carbons (Fsp3) is 0.379. The zero-order valence-corrected chi connectivity index (χ0v) is 22.4. The molecule has 198 valence electrons. The van der Waals surface area contributed by atoms with Gasteiger partial charge in [-0.2, -0.15) is 17.0 Å². The quantitative estimate of drug-likeness (QED) is 0.397. The molecule has 1 saturated heterocycles. The second-order valence-electron chi connectivity index (χ2n) is 9.54. The molecule has 4 rings (SSSR count). The van der Waals surface area contributed by atoms with E-state index in [1.807, 2.05) is 61.2 Å². The number of rotatable bonds is 11. The molecule has 1 aliphatic rings. The number of imidazole rings is 1. The van der Waals surface area contributed by atoms with Gasteiger partial charge in [-0.3, -0.25) is 9.69 Å². The Morgan fingerprint density at radius 1 is 1.13 bits per heavy atom. The summed E-state index contributed by atoms with van der Waals surface area (Å²) in [5.41, 5.74) is 3.35. The number of benzene rings is 2. The summed E-state index contributed by atoms with van der Waals surface area (Å²) in [6, 6.07) is 17.7. The van der Waals surface area contributed by atoms with E-state index in [2.05, 4.69) is 20.5 Å². The molecule has 38 heavy (non-hydrogen) atoms. The van der Waals surface area contributed by atoms with Crippen molar-refractivity contribution in [2.45, 2.75) is 44.4 Å². The Kier molecular flexibility index (Phi) is 9.57. The lowest BCUT2D eigenvalue weighted by Gasteiger charge is -2.41. The van der Waals surface area contributed by atoms with Gasteiger partial charge in [-0.15, -0.1) is 0 Å². The van der Waals surface area contributed by atoms with Crippen LogP contribution in [0.1, 0.15) is 46.4 Å². The average molecular weight is 532 g/mol. The number of amides is 1. The zero-order valence-electron chi connectivity index (χ0n) is 21.6. The van der Waals surface area contributed by atoms with Crippen molar-refractivity contribution < 1.29 is 14.7 Å². The Morgan fingerprint density at radius 3 is 2.47 bits per heavy atom. The SMILES string of the molecule is CSCC[C@@H](C(=O)O)N(C(=O)c1ccccc1)C1CCN(Cc2cncn2Cc2ccc(C#N)cc2)CC1. The number of aromatic nitrogens is 2. The first-order valence-electron chi connectivity index (χ1n) is 12.8. The number of carbonyl (C=O) groups excluding carboxylic acids is 1. The number of piperidine rings is 1. The van der Waals surface area contributed by atoms with Crippen molar-refractivity contribution in [3.8, 4) is 6.07 Å². The van der Waals surface area contributed by atoms with E-state index in [1.54, 1.807) is 28.8 Å². The second kappa shape index (κ2) is 13.3. The van der Waals surface area contributed by atoms with Gasteiger partial charge in [0.05, 0.1) is 23.7 Å². The maximum absolute atomic E-state index is 13.6. The molecule has 1 aliphatic heterocycles. The number of nitriles is 1. The largest absolute Gasteiger partial charge is 0.480 e. The van der Waals surface area contributed by atoms with Crippen molar-refractivity contribution >= 4 is 23.6 Å². The van der Waals surface area contributed by atoms with Crippen molar-refractivity contribution in [2.75, 3.05) is 25.1 Å². The summed E-state index contributed by atoms with van der Waals surface area (Å²) in [5.74, 6) is -0.479. The van der Waals surface area contributed by atoms with Crippen molar-refractivity contribution in [1.29, 1.82) is 5.26 Å². The first kappa shape index (κ1) is 27.4. The van der Waals surface area contributed by atoms with E-state index in [0.717, 1.165) is 30.9 Å². The van der Waals surface area contributed by atoms with Crippen molar-refractivity contribution in [3.05, 3.63) is 89.5 Å². The van der Waals surface area contributed by atoms with Crippen LogP contribution in [0.5, 0.6) is 0 Å². The number of carbonyl (C=O) groups is 2. The highest BCUT2D eigenvalue weighted by Crippen LogP contribution is 2.25. The monoisotopic (exact) mass is 531 g/mol. The summed E-state index contributed by atoms with van der Waals surface area (Å²) in [4.78, 5) is 34.2. The predicted octanol–water partition coefficient (Wildman–Crippen LogP) is 4.12. The van der Waals surface area contributed by atoms with Gasteiger partial charge >= 0.3 is 5.97 Å². The number of hydrogen-bond acceptors (Lipinski definition) is 6. The number of carboxylic acids is 1. The highest BCUT2D eigenvalue weighted by Gasteiger charge is 2.37. The van der Waals surface area contributed by atoms with Gasteiger partial charge in [0.1, 0.15) is 6.04 Å². The molecular formula is C29H33N5O3S. The molecule has 0 unspecified atom stereocenters. The molecule has 1 aromatic heterocycles. The van der Waals surface area contributed by atoms with Crippen LogP contribution in [0, 0.1) is 11.3 Å². The lowest BCUT2D eigenvalue weighted by Crippen LogP contribution is -2.54. The number of hydrogen-bond donors (Lipinski definition) is 1. The van der Waals surface area contributed by atoms with Crippen LogP contribution in [0.3, 0.4) is 0 Å². The van der Waals surface area contributed by atoms with Crippen LogP contribution in [0.2, 0.25) is 0 Å². The number of thioether (sulfide) groups is 1. The number of aliphatic carboxylic acids is 1. The molecule has 1 fully saturated rings. The van der Waals surface area contributed by atoms with Crippen molar-refractivity contribution in [3.63, 3.8) is 0 Å². The standard InChI is InChI=1S/C29H33N5O3S/c1-38-16-13-27(29(36)37)34(28(35)24-5-3-2-4-6-24)25-11-14-32(15-12-25)20-26-18-31-21-33(26)19-23-9-7-22(17-30)8-10-23/h2-10,18,21,25,27H,11-16,19-20H2,1H3,(H,36,37)/t27-/m0/s1. The molecule has 1 N–H and O–H groups in total. The molecule has 0 saturated carbocycles. The fourth-order valence-corrected chi connectivity index (χ4v) is 5.45. The predicted molar refractivity (Wildman–Crippen MR) is 148 cm³/mol. The topological polar surface area (TPSA) is 102 Å². The lowest BCUT2D eigenvalue weighted by molar-refractivity contribution is -0.143. The summed E-state index contributed by atoms with van der Waals surface area (Å²) in [5, 5.41) is 19.1. The third-order valence-corrected chi connectivity index (χ3v) is 7.69. The fourth-order valence-electron chi connectivity index (χ4n) is 4.99. The Labute approximate surface area is 227 Å². The van der Waals surface area contributed by atoms with Gasteiger partial charge in [0.15, 0.2) is 0 Å². The summed E-state index contributed by atoms with van der Waals surface area (Å²) < 4.78 is 2.11. The van der Waals surface area contributed by atoms with E-state index >= 15 is 0 Å². The minimum Gasteiger partial charge on any atom is -0.480 e. The molecule has 1 atom stereocenters. The highest BCUT2D eigenvalue weighted by molar-refractivity contribution is 7.98. The molecule has 2 heterocycles. The first-order valence-corrected chi connectivity index (χ1v) is 14.2. The molecular weight excluding hydrogens is 498 g/mol. The van der Waals surface area contributed by atoms with E-state index in [1.165, 1.54) is 0 Å². The number of carboxylic acid groups (broad SMARTS) is 1. The second-order valence-corrected chi connectivity index (χ2v) is 10.5. The lowest BCUT2D eigenvalue weighted by atomic mass is 9.98. The maximum Gasteiger partial charge on any atom is 0.326 e. The molecule has 0 spiro atoms. The van der Waals surface area contributed by atoms with E-state index in [0.29, 0.717) is 42.7 Å². The Morgan fingerprint density at radius 2 is 1.84 bits per heavy atom. The van der Waals surface area contributed by atoms with Gasteiger partial charge in [0.25, 0.3) is 5.91 Å². The van der Waals surface area contributed by atoms with E-state index < -0.39 is 12.0 Å².